The number of nitrogens with zero attached hydrogens (tertiary/aromatic N) is 2. The van der Waals surface area contributed by atoms with Crippen molar-refractivity contribution in [2.45, 2.75) is 13.0 Å². The van der Waals surface area contributed by atoms with Gasteiger partial charge in [0.1, 0.15) is 0 Å². The van der Waals surface area contributed by atoms with E-state index in [9.17, 15) is 14.9 Å². The number of hydrogen-bond acceptors (Lipinski definition) is 4. The van der Waals surface area contributed by atoms with Crippen molar-refractivity contribution < 1.29 is 9.72 Å². The van der Waals surface area contributed by atoms with Crippen molar-refractivity contribution in [1.82, 2.24) is 4.90 Å². The highest BCUT2D eigenvalue weighted by Crippen LogP contribution is 2.24. The Morgan fingerprint density at radius 1 is 1.21 bits per heavy atom. The molecule has 126 valence electrons. The molecular formula is C17H18ClN3O3. The largest absolute Gasteiger partial charge is 0.334 e. The summed E-state index contributed by atoms with van der Waals surface area (Å²) in [5.74, 6) is -0.346. The van der Waals surface area contributed by atoms with Crippen molar-refractivity contribution >= 4 is 23.2 Å². The highest BCUT2D eigenvalue weighted by Gasteiger charge is 2.21. The van der Waals surface area contributed by atoms with E-state index in [4.69, 9.17) is 17.3 Å². The maximum Gasteiger partial charge on any atom is 0.270 e. The SMILES string of the molecule is NCCCN(Cc1ccccc1)C(=O)c1cc([N+](=O)[O-])ccc1Cl. The third-order valence-electron chi connectivity index (χ3n) is 3.53. The fraction of sp³-hybridized carbons (Fsp3) is 0.235. The van der Waals surface area contributed by atoms with Gasteiger partial charge in [-0.1, -0.05) is 41.9 Å². The van der Waals surface area contributed by atoms with E-state index in [1.807, 2.05) is 30.3 Å². The normalized spacial score (nSPS) is 10.4. The van der Waals surface area contributed by atoms with E-state index < -0.39 is 4.92 Å². The summed E-state index contributed by atoms with van der Waals surface area (Å²) < 4.78 is 0. The molecule has 0 aliphatic heterocycles. The Hall–Kier alpha value is -2.44. The van der Waals surface area contributed by atoms with Crippen molar-refractivity contribution in [3.63, 3.8) is 0 Å². The predicted octanol–water partition coefficient (Wildman–Crippen LogP) is 3.24. The van der Waals surface area contributed by atoms with Gasteiger partial charge in [-0.25, -0.2) is 0 Å². The molecule has 0 bridgehead atoms. The summed E-state index contributed by atoms with van der Waals surface area (Å²) in [6, 6.07) is 13.4. The summed E-state index contributed by atoms with van der Waals surface area (Å²) in [5.41, 5.74) is 6.47. The molecule has 0 heterocycles. The second-order valence-corrected chi connectivity index (χ2v) is 5.68. The van der Waals surface area contributed by atoms with Gasteiger partial charge in [0, 0.05) is 25.2 Å². The lowest BCUT2D eigenvalue weighted by molar-refractivity contribution is -0.384. The van der Waals surface area contributed by atoms with Crippen molar-refractivity contribution in [2.75, 3.05) is 13.1 Å². The lowest BCUT2D eigenvalue weighted by Gasteiger charge is -2.23. The summed E-state index contributed by atoms with van der Waals surface area (Å²) in [5, 5.41) is 11.1. The molecule has 2 aromatic rings. The van der Waals surface area contributed by atoms with Crippen LogP contribution in [0.2, 0.25) is 5.02 Å². The van der Waals surface area contributed by atoms with Crippen LogP contribution in [0.15, 0.2) is 48.5 Å². The number of non-ortho nitro benzene ring substituents is 1. The molecule has 0 radical (unpaired) electrons. The number of amides is 1. The molecule has 24 heavy (non-hydrogen) atoms. The number of nitrogens with two attached hydrogens (primary N) is 1. The zero-order valence-corrected chi connectivity index (χ0v) is 13.8. The average Bonchev–Trinajstić information content (AvgIpc) is 2.59. The molecule has 0 aromatic heterocycles. The monoisotopic (exact) mass is 347 g/mol. The van der Waals surface area contributed by atoms with Crippen LogP contribution < -0.4 is 5.73 Å². The molecule has 0 spiro atoms. The Bertz CT molecular complexity index is 722. The van der Waals surface area contributed by atoms with Gasteiger partial charge in [-0.3, -0.25) is 14.9 Å². The highest BCUT2D eigenvalue weighted by atomic mass is 35.5. The van der Waals surface area contributed by atoms with Crippen LogP contribution in [0.1, 0.15) is 22.3 Å². The average molecular weight is 348 g/mol. The minimum atomic E-state index is -0.547. The summed E-state index contributed by atoms with van der Waals surface area (Å²) in [6.07, 6.45) is 0.630. The first-order valence-corrected chi connectivity index (χ1v) is 7.88. The molecule has 0 aliphatic carbocycles. The van der Waals surface area contributed by atoms with Gasteiger partial charge in [0.25, 0.3) is 11.6 Å². The number of nitro groups is 1. The molecule has 0 unspecified atom stereocenters. The van der Waals surface area contributed by atoms with Crippen molar-refractivity contribution in [2.24, 2.45) is 5.73 Å². The van der Waals surface area contributed by atoms with Gasteiger partial charge in [0.05, 0.1) is 15.5 Å². The van der Waals surface area contributed by atoms with Gasteiger partial charge in [-0.05, 0) is 24.6 Å². The van der Waals surface area contributed by atoms with Crippen molar-refractivity contribution in [3.05, 3.63) is 74.8 Å². The van der Waals surface area contributed by atoms with Gasteiger partial charge in [0.2, 0.25) is 0 Å². The molecule has 2 aromatic carbocycles. The van der Waals surface area contributed by atoms with Crippen LogP contribution in [-0.4, -0.2) is 28.8 Å². The van der Waals surface area contributed by atoms with Gasteiger partial charge >= 0.3 is 0 Å². The molecule has 6 nitrogen and oxygen atoms in total. The maximum atomic E-state index is 12.8. The number of carbonyl (C=O) groups is 1. The minimum absolute atomic E-state index is 0.124. The fourth-order valence-electron chi connectivity index (χ4n) is 2.30. The Kier molecular flexibility index (Phi) is 6.28. The second-order valence-electron chi connectivity index (χ2n) is 5.28. The molecule has 0 aliphatic rings. The molecule has 0 atom stereocenters. The van der Waals surface area contributed by atoms with E-state index >= 15 is 0 Å². The number of nitro benzene ring substituents is 1. The van der Waals surface area contributed by atoms with Crippen LogP contribution >= 0.6 is 11.6 Å². The van der Waals surface area contributed by atoms with E-state index in [0.717, 1.165) is 5.56 Å². The lowest BCUT2D eigenvalue weighted by atomic mass is 10.1. The standard InChI is InChI=1S/C17H18ClN3O3/c18-16-8-7-14(21(23)24)11-15(16)17(22)20(10-4-9-19)12-13-5-2-1-3-6-13/h1-3,5-8,11H,4,9-10,12,19H2. The van der Waals surface area contributed by atoms with Crippen LogP contribution in [0.3, 0.4) is 0 Å². The van der Waals surface area contributed by atoms with Gasteiger partial charge < -0.3 is 10.6 Å². The first kappa shape index (κ1) is 17.9. The Labute approximate surface area is 145 Å². The van der Waals surface area contributed by atoms with E-state index in [1.54, 1.807) is 4.90 Å². The smallest absolute Gasteiger partial charge is 0.270 e. The van der Waals surface area contributed by atoms with Crippen LogP contribution in [0, 0.1) is 10.1 Å². The predicted molar refractivity (Wildman–Crippen MR) is 93.0 cm³/mol. The third-order valence-corrected chi connectivity index (χ3v) is 3.86. The Morgan fingerprint density at radius 3 is 2.54 bits per heavy atom. The zero-order valence-electron chi connectivity index (χ0n) is 13.0. The molecule has 0 saturated carbocycles. The molecule has 2 N–H and O–H groups in total. The van der Waals surface area contributed by atoms with Crippen molar-refractivity contribution in [3.8, 4) is 0 Å². The molecular weight excluding hydrogens is 330 g/mol. The third kappa shape index (κ3) is 4.53. The summed E-state index contributed by atoms with van der Waals surface area (Å²) in [4.78, 5) is 24.8. The molecule has 2 rings (SSSR count). The fourth-order valence-corrected chi connectivity index (χ4v) is 2.50. The lowest BCUT2D eigenvalue weighted by Crippen LogP contribution is -2.32. The Morgan fingerprint density at radius 2 is 1.92 bits per heavy atom. The van der Waals surface area contributed by atoms with E-state index in [-0.39, 0.29) is 22.2 Å². The molecule has 7 heteroatoms. The number of benzene rings is 2. The van der Waals surface area contributed by atoms with Crippen LogP contribution in [-0.2, 0) is 6.54 Å². The first-order chi connectivity index (χ1) is 11.5. The number of halogens is 1. The Balaban J connectivity index is 2.30. The maximum absolute atomic E-state index is 12.8. The van der Waals surface area contributed by atoms with E-state index in [2.05, 4.69) is 0 Å². The molecule has 0 fully saturated rings. The number of carbonyl (C=O) groups excluding carboxylic acids is 1. The quantitative estimate of drug-likeness (QED) is 0.615. The van der Waals surface area contributed by atoms with Gasteiger partial charge in [0.15, 0.2) is 0 Å². The minimum Gasteiger partial charge on any atom is -0.334 e. The van der Waals surface area contributed by atoms with Crippen molar-refractivity contribution in [1.29, 1.82) is 0 Å². The first-order valence-electron chi connectivity index (χ1n) is 7.50. The summed E-state index contributed by atoms with van der Waals surface area (Å²) in [6.45, 7) is 1.28. The highest BCUT2D eigenvalue weighted by molar-refractivity contribution is 6.33. The molecule has 1 amide bonds. The number of hydrogen-bond donors (Lipinski definition) is 1. The van der Waals surface area contributed by atoms with Crippen LogP contribution in [0.4, 0.5) is 5.69 Å². The molecule has 0 saturated heterocycles. The van der Waals surface area contributed by atoms with E-state index in [1.165, 1.54) is 18.2 Å². The topological polar surface area (TPSA) is 89.5 Å². The summed E-state index contributed by atoms with van der Waals surface area (Å²) in [7, 11) is 0. The number of rotatable bonds is 7. The van der Waals surface area contributed by atoms with E-state index in [0.29, 0.717) is 26.1 Å². The van der Waals surface area contributed by atoms with Crippen LogP contribution in [0.5, 0.6) is 0 Å². The zero-order chi connectivity index (χ0) is 17.5. The van der Waals surface area contributed by atoms with Gasteiger partial charge in [-0.2, -0.15) is 0 Å². The second kappa shape index (κ2) is 8.42. The van der Waals surface area contributed by atoms with Gasteiger partial charge in [-0.15, -0.1) is 0 Å². The van der Waals surface area contributed by atoms with Crippen LogP contribution in [0.25, 0.3) is 0 Å². The summed E-state index contributed by atoms with van der Waals surface area (Å²) >= 11 is 6.08.